The van der Waals surface area contributed by atoms with Gasteiger partial charge in [-0.3, -0.25) is 4.79 Å². The van der Waals surface area contributed by atoms with E-state index in [0.29, 0.717) is 12.3 Å². The first-order valence-corrected chi connectivity index (χ1v) is 10.0. The predicted molar refractivity (Wildman–Crippen MR) is 105 cm³/mol. The van der Waals surface area contributed by atoms with Crippen molar-refractivity contribution in [1.29, 1.82) is 0 Å². The lowest BCUT2D eigenvalue weighted by Crippen LogP contribution is -2.49. The number of piperazine rings is 1. The van der Waals surface area contributed by atoms with Gasteiger partial charge >= 0.3 is 0 Å². The van der Waals surface area contributed by atoms with E-state index in [4.69, 9.17) is 9.97 Å². The molecule has 1 saturated heterocycles. The van der Waals surface area contributed by atoms with E-state index in [1.165, 1.54) is 15.8 Å². The van der Waals surface area contributed by atoms with Crippen LogP contribution in [-0.4, -0.2) is 47.0 Å². The van der Waals surface area contributed by atoms with Gasteiger partial charge in [0.05, 0.1) is 5.39 Å². The zero-order valence-electron chi connectivity index (χ0n) is 15.9. The van der Waals surface area contributed by atoms with Crippen molar-refractivity contribution >= 4 is 33.3 Å². The number of thiophene rings is 1. The number of nitrogens with zero attached hydrogens (tertiary/aromatic N) is 4. The molecule has 5 nitrogen and oxygen atoms in total. The minimum atomic E-state index is 0.277. The maximum absolute atomic E-state index is 12.3. The fourth-order valence-electron chi connectivity index (χ4n) is 3.30. The number of amides is 1. The van der Waals surface area contributed by atoms with Crippen LogP contribution in [0.2, 0.25) is 0 Å². The van der Waals surface area contributed by atoms with Crippen molar-refractivity contribution in [1.82, 2.24) is 14.9 Å². The van der Waals surface area contributed by atoms with Crippen molar-refractivity contribution in [2.45, 2.75) is 47.5 Å². The fourth-order valence-corrected chi connectivity index (χ4v) is 4.35. The van der Waals surface area contributed by atoms with Gasteiger partial charge in [-0.15, -0.1) is 11.3 Å². The summed E-state index contributed by atoms with van der Waals surface area (Å²) in [5.41, 5.74) is 1.29. The third-order valence-corrected chi connectivity index (χ3v) is 5.99. The van der Waals surface area contributed by atoms with Gasteiger partial charge in [0.15, 0.2) is 0 Å². The second kappa shape index (κ2) is 7.28. The van der Waals surface area contributed by atoms with E-state index < -0.39 is 0 Å². The lowest BCUT2D eigenvalue weighted by molar-refractivity contribution is -0.132. The van der Waals surface area contributed by atoms with Crippen LogP contribution in [-0.2, 0) is 11.2 Å². The van der Waals surface area contributed by atoms with E-state index in [1.807, 2.05) is 4.90 Å². The number of hydrogen-bond donors (Lipinski definition) is 0. The standard InChI is InChI=1S/C19H28N4OS/c1-6-15-20-18(17-13(4)14(5)25-19(17)21-15)23-9-7-22(8-10-23)16(24)11-12(2)3/h12H,6-11H2,1-5H3. The number of carbonyl (C=O) groups excluding carboxylic acids is 1. The van der Waals surface area contributed by atoms with E-state index in [9.17, 15) is 4.79 Å². The summed E-state index contributed by atoms with van der Waals surface area (Å²) in [6.07, 6.45) is 1.48. The summed E-state index contributed by atoms with van der Waals surface area (Å²) < 4.78 is 0. The van der Waals surface area contributed by atoms with Gasteiger partial charge in [0.1, 0.15) is 16.5 Å². The van der Waals surface area contributed by atoms with E-state index in [-0.39, 0.29) is 5.91 Å². The van der Waals surface area contributed by atoms with Crippen molar-refractivity contribution in [2.24, 2.45) is 5.92 Å². The van der Waals surface area contributed by atoms with Crippen molar-refractivity contribution in [3.8, 4) is 0 Å². The molecule has 3 rings (SSSR count). The predicted octanol–water partition coefficient (Wildman–Crippen LogP) is 3.57. The van der Waals surface area contributed by atoms with Crippen molar-refractivity contribution in [3.63, 3.8) is 0 Å². The summed E-state index contributed by atoms with van der Waals surface area (Å²) in [4.78, 5) is 28.6. The third-order valence-electron chi connectivity index (χ3n) is 4.89. The van der Waals surface area contributed by atoms with Gasteiger partial charge in [-0.25, -0.2) is 9.97 Å². The van der Waals surface area contributed by atoms with Crippen LogP contribution in [0.15, 0.2) is 0 Å². The third kappa shape index (κ3) is 3.64. The van der Waals surface area contributed by atoms with Gasteiger partial charge in [-0.2, -0.15) is 0 Å². The fraction of sp³-hybridized carbons (Fsp3) is 0.632. The molecule has 0 N–H and O–H groups in total. The first-order chi connectivity index (χ1) is 11.9. The molecule has 0 atom stereocenters. The van der Waals surface area contributed by atoms with Crippen LogP contribution in [0.5, 0.6) is 0 Å². The zero-order valence-corrected chi connectivity index (χ0v) is 16.7. The van der Waals surface area contributed by atoms with Gasteiger partial charge < -0.3 is 9.80 Å². The Hall–Kier alpha value is -1.69. The van der Waals surface area contributed by atoms with E-state index in [1.54, 1.807) is 11.3 Å². The molecular weight excluding hydrogens is 332 g/mol. The Morgan fingerprint density at radius 2 is 1.84 bits per heavy atom. The lowest BCUT2D eigenvalue weighted by Gasteiger charge is -2.36. The molecule has 0 radical (unpaired) electrons. The highest BCUT2D eigenvalue weighted by atomic mass is 32.1. The number of hydrogen-bond acceptors (Lipinski definition) is 5. The van der Waals surface area contributed by atoms with Crippen LogP contribution >= 0.6 is 11.3 Å². The summed E-state index contributed by atoms with van der Waals surface area (Å²) in [6.45, 7) is 13.8. The summed E-state index contributed by atoms with van der Waals surface area (Å²) in [5.74, 6) is 2.65. The van der Waals surface area contributed by atoms with Crippen LogP contribution in [0.3, 0.4) is 0 Å². The molecule has 6 heteroatoms. The van der Waals surface area contributed by atoms with Crippen LogP contribution in [0.25, 0.3) is 10.2 Å². The molecule has 0 unspecified atom stereocenters. The Labute approximate surface area is 154 Å². The van der Waals surface area contributed by atoms with Crippen LogP contribution < -0.4 is 4.90 Å². The molecule has 0 saturated carbocycles. The summed E-state index contributed by atoms with van der Waals surface area (Å²) in [7, 11) is 0. The monoisotopic (exact) mass is 360 g/mol. The van der Waals surface area contributed by atoms with Crippen LogP contribution in [0, 0.1) is 19.8 Å². The molecule has 2 aromatic heterocycles. The maximum atomic E-state index is 12.3. The Kier molecular flexibility index (Phi) is 5.27. The average molecular weight is 361 g/mol. The molecule has 2 aromatic rings. The van der Waals surface area contributed by atoms with Crippen molar-refractivity contribution in [3.05, 3.63) is 16.3 Å². The minimum Gasteiger partial charge on any atom is -0.352 e. The molecule has 136 valence electrons. The molecule has 1 aliphatic heterocycles. The molecular formula is C19H28N4OS. The molecule has 3 heterocycles. The minimum absolute atomic E-state index is 0.277. The molecule has 1 fully saturated rings. The Bertz CT molecular complexity index is 775. The molecule has 1 amide bonds. The normalized spacial score (nSPS) is 15.4. The molecule has 1 aliphatic rings. The molecule has 0 bridgehead atoms. The summed E-state index contributed by atoms with van der Waals surface area (Å²) in [5, 5.41) is 1.20. The highest BCUT2D eigenvalue weighted by Gasteiger charge is 2.25. The molecule has 0 aromatic carbocycles. The van der Waals surface area contributed by atoms with Crippen LogP contribution in [0.4, 0.5) is 5.82 Å². The SMILES string of the molecule is CCc1nc(N2CCN(C(=O)CC(C)C)CC2)c2c(C)c(C)sc2n1. The van der Waals surface area contributed by atoms with Crippen molar-refractivity contribution in [2.75, 3.05) is 31.1 Å². The second-order valence-electron chi connectivity index (χ2n) is 7.25. The van der Waals surface area contributed by atoms with Gasteiger partial charge in [-0.1, -0.05) is 20.8 Å². The summed E-state index contributed by atoms with van der Waals surface area (Å²) in [6, 6.07) is 0. The highest BCUT2D eigenvalue weighted by molar-refractivity contribution is 7.18. The maximum Gasteiger partial charge on any atom is 0.222 e. The summed E-state index contributed by atoms with van der Waals surface area (Å²) >= 11 is 1.76. The Morgan fingerprint density at radius 3 is 2.44 bits per heavy atom. The topological polar surface area (TPSA) is 49.3 Å². The zero-order chi connectivity index (χ0) is 18.1. The number of aryl methyl sites for hydroxylation is 3. The first-order valence-electron chi connectivity index (χ1n) is 9.20. The first kappa shape index (κ1) is 18.1. The number of rotatable bonds is 4. The molecule has 0 aliphatic carbocycles. The number of aromatic nitrogens is 2. The highest BCUT2D eigenvalue weighted by Crippen LogP contribution is 2.35. The van der Waals surface area contributed by atoms with Gasteiger partial charge in [0, 0.05) is 43.9 Å². The second-order valence-corrected chi connectivity index (χ2v) is 8.45. The van der Waals surface area contributed by atoms with E-state index >= 15 is 0 Å². The van der Waals surface area contributed by atoms with Crippen molar-refractivity contribution < 1.29 is 4.79 Å². The van der Waals surface area contributed by atoms with Gasteiger partial charge in [-0.05, 0) is 25.3 Å². The lowest BCUT2D eigenvalue weighted by atomic mass is 10.1. The quantitative estimate of drug-likeness (QED) is 0.836. The van der Waals surface area contributed by atoms with E-state index in [0.717, 1.165) is 49.1 Å². The average Bonchev–Trinajstić information content (AvgIpc) is 2.88. The smallest absolute Gasteiger partial charge is 0.222 e. The van der Waals surface area contributed by atoms with Gasteiger partial charge in [0.2, 0.25) is 5.91 Å². The largest absolute Gasteiger partial charge is 0.352 e. The Morgan fingerprint density at radius 1 is 1.16 bits per heavy atom. The molecule has 25 heavy (non-hydrogen) atoms. The number of carbonyl (C=O) groups is 1. The number of anilines is 1. The van der Waals surface area contributed by atoms with E-state index in [2.05, 4.69) is 39.5 Å². The van der Waals surface area contributed by atoms with Crippen LogP contribution in [0.1, 0.15) is 43.5 Å². The molecule has 0 spiro atoms. The number of fused-ring (bicyclic) bond motifs is 1. The Balaban J connectivity index is 1.84. The van der Waals surface area contributed by atoms with Gasteiger partial charge in [0.25, 0.3) is 0 Å².